The van der Waals surface area contributed by atoms with Crippen LogP contribution >= 0.6 is 15.9 Å². The Balaban J connectivity index is 1.55. The molecule has 2 aromatic carbocycles. The molecule has 0 bridgehead atoms. The summed E-state index contributed by atoms with van der Waals surface area (Å²) in [6.45, 7) is 4.06. The maximum absolute atomic E-state index is 12.1. The quantitative estimate of drug-likeness (QED) is 0.315. The number of ether oxygens (including phenoxy) is 1. The van der Waals surface area contributed by atoms with E-state index in [0.29, 0.717) is 25.2 Å². The molecule has 0 atom stereocenters. The number of hydrogen-bond acceptors (Lipinski definition) is 3. The minimum atomic E-state index is -0.133. The summed E-state index contributed by atoms with van der Waals surface area (Å²) in [7, 11) is 0. The van der Waals surface area contributed by atoms with E-state index in [-0.39, 0.29) is 5.91 Å². The van der Waals surface area contributed by atoms with Gasteiger partial charge < -0.3 is 9.72 Å². The minimum Gasteiger partial charge on any atom is -0.490 e. The summed E-state index contributed by atoms with van der Waals surface area (Å²) in [4.78, 5) is 15.3. The number of benzene rings is 2. The number of halogens is 1. The zero-order valence-electron chi connectivity index (χ0n) is 14.7. The molecule has 0 saturated heterocycles. The van der Waals surface area contributed by atoms with E-state index in [0.717, 1.165) is 26.5 Å². The Hall–Kier alpha value is -2.86. The zero-order chi connectivity index (χ0) is 19.1. The van der Waals surface area contributed by atoms with Crippen molar-refractivity contribution in [3.63, 3.8) is 0 Å². The van der Waals surface area contributed by atoms with Gasteiger partial charge in [0.25, 0.3) is 0 Å². The van der Waals surface area contributed by atoms with Crippen LogP contribution in [0.3, 0.4) is 0 Å². The molecule has 1 aromatic heterocycles. The number of aromatic amines is 1. The fraction of sp³-hybridized carbons (Fsp3) is 0.143. The van der Waals surface area contributed by atoms with Gasteiger partial charge in [0.1, 0.15) is 12.4 Å². The van der Waals surface area contributed by atoms with Crippen molar-refractivity contribution in [2.75, 3.05) is 6.61 Å². The zero-order valence-corrected chi connectivity index (χ0v) is 16.3. The molecular weight excluding hydrogens is 406 g/mol. The highest BCUT2D eigenvalue weighted by atomic mass is 79.9. The van der Waals surface area contributed by atoms with Crippen molar-refractivity contribution < 1.29 is 9.53 Å². The molecule has 5 nitrogen and oxygen atoms in total. The van der Waals surface area contributed by atoms with Crippen molar-refractivity contribution in [1.29, 1.82) is 0 Å². The number of para-hydroxylation sites is 1. The molecule has 0 unspecified atom stereocenters. The number of aryl methyl sites for hydroxylation is 1. The summed E-state index contributed by atoms with van der Waals surface area (Å²) < 4.78 is 6.37. The van der Waals surface area contributed by atoms with E-state index in [4.69, 9.17) is 4.74 Å². The third-order valence-electron chi connectivity index (χ3n) is 4.02. The number of carbonyl (C=O) groups excluding carboxylic acids is 1. The van der Waals surface area contributed by atoms with E-state index in [1.807, 2.05) is 42.6 Å². The van der Waals surface area contributed by atoms with Gasteiger partial charge >= 0.3 is 0 Å². The molecular formula is C21H20BrN3O2. The third kappa shape index (κ3) is 5.08. The summed E-state index contributed by atoms with van der Waals surface area (Å²) in [5.41, 5.74) is 5.59. The largest absolute Gasteiger partial charge is 0.490 e. The monoisotopic (exact) mass is 425 g/mol. The second-order valence-electron chi connectivity index (χ2n) is 5.94. The van der Waals surface area contributed by atoms with E-state index < -0.39 is 0 Å². The first-order chi connectivity index (χ1) is 13.2. The molecule has 3 rings (SSSR count). The first-order valence-corrected chi connectivity index (χ1v) is 9.37. The predicted octanol–water partition coefficient (Wildman–Crippen LogP) is 4.58. The predicted molar refractivity (Wildman–Crippen MR) is 112 cm³/mol. The number of amides is 1. The average Bonchev–Trinajstić information content (AvgIpc) is 3.10. The second-order valence-corrected chi connectivity index (χ2v) is 6.79. The minimum absolute atomic E-state index is 0.133. The van der Waals surface area contributed by atoms with E-state index in [2.05, 4.69) is 44.1 Å². The average molecular weight is 426 g/mol. The van der Waals surface area contributed by atoms with Crippen LogP contribution in [-0.2, 0) is 11.2 Å². The third-order valence-corrected chi connectivity index (χ3v) is 4.75. The lowest BCUT2D eigenvalue weighted by atomic mass is 10.1. The lowest BCUT2D eigenvalue weighted by molar-refractivity contribution is -0.121. The molecule has 3 aromatic rings. The molecule has 2 N–H and O–H groups in total. The van der Waals surface area contributed by atoms with Gasteiger partial charge in [-0.25, -0.2) is 5.43 Å². The summed E-state index contributed by atoms with van der Waals surface area (Å²) >= 11 is 3.46. The van der Waals surface area contributed by atoms with Gasteiger partial charge in [0.2, 0.25) is 5.91 Å². The number of carbonyl (C=O) groups is 1. The molecule has 1 amide bonds. The number of nitrogens with one attached hydrogen (secondary N) is 2. The molecule has 0 aliphatic rings. The summed E-state index contributed by atoms with van der Waals surface area (Å²) in [5, 5.41) is 5.20. The lowest BCUT2D eigenvalue weighted by Gasteiger charge is -2.05. The van der Waals surface area contributed by atoms with Crippen molar-refractivity contribution in [3.05, 3.63) is 76.9 Å². The van der Waals surface area contributed by atoms with Crippen LogP contribution in [0.5, 0.6) is 5.75 Å². The lowest BCUT2D eigenvalue weighted by Crippen LogP contribution is -2.17. The number of H-pyrrole nitrogens is 1. The van der Waals surface area contributed by atoms with Gasteiger partial charge in [-0.3, -0.25) is 4.79 Å². The molecule has 0 fully saturated rings. The van der Waals surface area contributed by atoms with Crippen LogP contribution in [0.25, 0.3) is 10.9 Å². The number of rotatable bonds is 8. The molecule has 0 aliphatic heterocycles. The number of aromatic nitrogens is 1. The highest BCUT2D eigenvalue weighted by Crippen LogP contribution is 2.21. The number of hydrogen-bond donors (Lipinski definition) is 2. The highest BCUT2D eigenvalue weighted by molar-refractivity contribution is 9.10. The molecule has 6 heteroatoms. The number of hydrazone groups is 1. The molecule has 0 saturated carbocycles. The molecule has 138 valence electrons. The standard InChI is InChI=1S/C21H20BrN3O2/c1-2-11-27-17-8-9-19(22)16(12-17)14-24-25-21(26)10-7-15-13-23-20-6-4-3-5-18(15)20/h2-6,8-9,12-14,23H,1,7,10-11H2,(H,25,26)/b24-14-. The van der Waals surface area contributed by atoms with Crippen molar-refractivity contribution in [2.24, 2.45) is 5.10 Å². The normalized spacial score (nSPS) is 11.0. The maximum Gasteiger partial charge on any atom is 0.240 e. The SMILES string of the molecule is C=CCOc1ccc(Br)c(/C=N\NC(=O)CCc2c[nH]c3ccccc23)c1. The van der Waals surface area contributed by atoms with Crippen LogP contribution in [-0.4, -0.2) is 23.7 Å². The Morgan fingerprint density at radius 1 is 1.30 bits per heavy atom. The number of fused-ring (bicyclic) bond motifs is 1. The summed E-state index contributed by atoms with van der Waals surface area (Å²) in [6.07, 6.45) is 6.24. The van der Waals surface area contributed by atoms with E-state index in [1.165, 1.54) is 0 Å². The molecule has 0 radical (unpaired) electrons. The van der Waals surface area contributed by atoms with Gasteiger partial charge in [0.05, 0.1) is 6.21 Å². The highest BCUT2D eigenvalue weighted by Gasteiger charge is 2.06. The Morgan fingerprint density at radius 2 is 2.15 bits per heavy atom. The van der Waals surface area contributed by atoms with Crippen LogP contribution in [0.1, 0.15) is 17.5 Å². The summed E-state index contributed by atoms with van der Waals surface area (Å²) in [5.74, 6) is 0.580. The van der Waals surface area contributed by atoms with Crippen LogP contribution < -0.4 is 10.2 Å². The van der Waals surface area contributed by atoms with Gasteiger partial charge in [-0.1, -0.05) is 46.8 Å². The van der Waals surface area contributed by atoms with Crippen LogP contribution in [0.15, 0.2) is 70.9 Å². The van der Waals surface area contributed by atoms with Crippen molar-refractivity contribution in [3.8, 4) is 5.75 Å². The maximum atomic E-state index is 12.1. The van der Waals surface area contributed by atoms with Crippen LogP contribution in [0.2, 0.25) is 0 Å². The molecule has 27 heavy (non-hydrogen) atoms. The van der Waals surface area contributed by atoms with E-state index >= 15 is 0 Å². The first-order valence-electron chi connectivity index (χ1n) is 8.57. The van der Waals surface area contributed by atoms with Gasteiger partial charge in [-0.15, -0.1) is 0 Å². The van der Waals surface area contributed by atoms with Crippen molar-refractivity contribution in [1.82, 2.24) is 10.4 Å². The molecule has 0 aliphatic carbocycles. The first kappa shape index (κ1) is 18.9. The van der Waals surface area contributed by atoms with Crippen LogP contribution in [0.4, 0.5) is 0 Å². The topological polar surface area (TPSA) is 66.5 Å². The fourth-order valence-corrected chi connectivity index (χ4v) is 3.03. The van der Waals surface area contributed by atoms with Crippen molar-refractivity contribution in [2.45, 2.75) is 12.8 Å². The van der Waals surface area contributed by atoms with Crippen molar-refractivity contribution >= 4 is 39.0 Å². The van der Waals surface area contributed by atoms with Crippen LogP contribution in [0, 0.1) is 0 Å². The van der Waals surface area contributed by atoms with Gasteiger partial charge in [-0.2, -0.15) is 5.10 Å². The van der Waals surface area contributed by atoms with Gasteiger partial charge in [0.15, 0.2) is 0 Å². The Kier molecular flexibility index (Phi) is 6.44. The molecule has 1 heterocycles. The van der Waals surface area contributed by atoms with E-state index in [1.54, 1.807) is 12.3 Å². The van der Waals surface area contributed by atoms with Gasteiger partial charge in [-0.05, 0) is 36.2 Å². The van der Waals surface area contributed by atoms with Gasteiger partial charge in [0, 0.05) is 33.6 Å². The van der Waals surface area contributed by atoms with E-state index in [9.17, 15) is 4.79 Å². The Morgan fingerprint density at radius 3 is 3.00 bits per heavy atom. The smallest absolute Gasteiger partial charge is 0.240 e. The fourth-order valence-electron chi connectivity index (χ4n) is 2.68. The molecule has 0 spiro atoms. The summed E-state index contributed by atoms with van der Waals surface area (Å²) in [6, 6.07) is 13.6. The Labute approximate surface area is 166 Å². The number of nitrogens with zero attached hydrogens (tertiary/aromatic N) is 1. The second kappa shape index (κ2) is 9.19. The Bertz CT molecular complexity index is 978.